The Kier molecular flexibility index (Phi) is 4.35. The van der Waals surface area contributed by atoms with Crippen molar-refractivity contribution in [1.29, 1.82) is 0 Å². The molecule has 2 aliphatic rings. The maximum absolute atomic E-state index is 6.19. The topological polar surface area (TPSA) is 30.5 Å². The Morgan fingerprint density at radius 3 is 2.50 bits per heavy atom. The second kappa shape index (κ2) is 5.48. The molecule has 3 nitrogen and oxygen atoms in total. The molecule has 1 N–H and O–H groups in total. The maximum atomic E-state index is 6.19. The molecule has 0 radical (unpaired) electrons. The van der Waals surface area contributed by atoms with E-state index in [9.17, 15) is 0 Å². The summed E-state index contributed by atoms with van der Waals surface area (Å²) in [5, 5.41) is 3.58. The van der Waals surface area contributed by atoms with E-state index in [0.717, 1.165) is 25.7 Å². The fourth-order valence-corrected chi connectivity index (χ4v) is 3.62. The van der Waals surface area contributed by atoms with Gasteiger partial charge >= 0.3 is 0 Å². The molecular weight excluding hydrogens is 226 g/mol. The number of methoxy groups -OCH3 is 1. The van der Waals surface area contributed by atoms with Gasteiger partial charge in [0.25, 0.3) is 0 Å². The van der Waals surface area contributed by atoms with E-state index in [2.05, 4.69) is 26.1 Å². The number of hydrogen-bond donors (Lipinski definition) is 1. The van der Waals surface area contributed by atoms with Gasteiger partial charge in [-0.3, -0.25) is 0 Å². The number of ether oxygens (including phenoxy) is 2. The highest BCUT2D eigenvalue weighted by atomic mass is 16.5. The van der Waals surface area contributed by atoms with E-state index in [4.69, 9.17) is 9.47 Å². The quantitative estimate of drug-likeness (QED) is 0.822. The maximum Gasteiger partial charge on any atom is 0.0858 e. The molecule has 1 aliphatic carbocycles. The Morgan fingerprint density at radius 2 is 1.94 bits per heavy atom. The van der Waals surface area contributed by atoms with Crippen LogP contribution in [0.4, 0.5) is 0 Å². The number of hydrogen-bond acceptors (Lipinski definition) is 3. The first-order valence-electron chi connectivity index (χ1n) is 7.34. The Labute approximate surface area is 112 Å². The molecule has 3 heteroatoms. The van der Waals surface area contributed by atoms with Gasteiger partial charge in [0.15, 0.2) is 0 Å². The highest BCUT2D eigenvalue weighted by molar-refractivity contribution is 5.00. The molecule has 2 fully saturated rings. The van der Waals surface area contributed by atoms with Crippen molar-refractivity contribution in [3.05, 3.63) is 0 Å². The van der Waals surface area contributed by atoms with Crippen molar-refractivity contribution in [2.45, 2.75) is 58.1 Å². The molecule has 0 aromatic rings. The van der Waals surface area contributed by atoms with Crippen LogP contribution < -0.4 is 5.32 Å². The van der Waals surface area contributed by atoms with E-state index in [-0.39, 0.29) is 5.60 Å². The van der Waals surface area contributed by atoms with E-state index >= 15 is 0 Å². The first-order valence-corrected chi connectivity index (χ1v) is 7.34. The van der Waals surface area contributed by atoms with Crippen molar-refractivity contribution in [3.8, 4) is 0 Å². The normalized spacial score (nSPS) is 38.0. The molecule has 18 heavy (non-hydrogen) atoms. The molecule has 1 spiro atoms. The zero-order valence-electron chi connectivity index (χ0n) is 12.4. The first-order chi connectivity index (χ1) is 8.48. The van der Waals surface area contributed by atoms with Crippen molar-refractivity contribution in [1.82, 2.24) is 5.32 Å². The molecular formula is C15H29NO2. The van der Waals surface area contributed by atoms with E-state index < -0.39 is 0 Å². The Balaban J connectivity index is 2.00. The summed E-state index contributed by atoms with van der Waals surface area (Å²) in [7, 11) is 1.78. The summed E-state index contributed by atoms with van der Waals surface area (Å²) in [6, 6.07) is 0.372. The third-order valence-electron chi connectivity index (χ3n) is 4.91. The van der Waals surface area contributed by atoms with Crippen LogP contribution in [0.25, 0.3) is 0 Å². The Morgan fingerprint density at radius 1 is 1.28 bits per heavy atom. The van der Waals surface area contributed by atoms with Crippen molar-refractivity contribution in [2.75, 3.05) is 26.9 Å². The minimum atomic E-state index is 0.0377. The van der Waals surface area contributed by atoms with Gasteiger partial charge in [0.1, 0.15) is 0 Å². The van der Waals surface area contributed by atoms with Gasteiger partial charge in [0, 0.05) is 13.7 Å². The smallest absolute Gasteiger partial charge is 0.0858 e. The molecule has 0 aromatic carbocycles. The number of morpholine rings is 1. The molecule has 0 aromatic heterocycles. The van der Waals surface area contributed by atoms with Crippen molar-refractivity contribution < 1.29 is 9.47 Å². The molecule has 1 saturated carbocycles. The third kappa shape index (κ3) is 2.89. The van der Waals surface area contributed by atoms with E-state index in [1.165, 1.54) is 25.7 Å². The lowest BCUT2D eigenvalue weighted by atomic mass is 9.66. The van der Waals surface area contributed by atoms with Gasteiger partial charge in [-0.25, -0.2) is 0 Å². The lowest BCUT2D eigenvalue weighted by molar-refractivity contribution is -0.140. The van der Waals surface area contributed by atoms with Crippen LogP contribution in [-0.4, -0.2) is 38.5 Å². The summed E-state index contributed by atoms with van der Waals surface area (Å²) < 4.78 is 11.6. The lowest BCUT2D eigenvalue weighted by Gasteiger charge is -2.50. The average molecular weight is 255 g/mol. The van der Waals surface area contributed by atoms with Crippen LogP contribution in [-0.2, 0) is 9.47 Å². The van der Waals surface area contributed by atoms with Crippen LogP contribution in [0.5, 0.6) is 0 Å². The summed E-state index contributed by atoms with van der Waals surface area (Å²) in [4.78, 5) is 0. The summed E-state index contributed by atoms with van der Waals surface area (Å²) in [6.07, 6.45) is 4.92. The van der Waals surface area contributed by atoms with Crippen LogP contribution in [0.3, 0.4) is 0 Å². The van der Waals surface area contributed by atoms with Gasteiger partial charge in [-0.1, -0.05) is 20.8 Å². The minimum Gasteiger partial charge on any atom is -0.383 e. The molecule has 2 rings (SSSR count). The van der Waals surface area contributed by atoms with Crippen LogP contribution in [0.1, 0.15) is 46.5 Å². The molecule has 1 heterocycles. The molecule has 1 atom stereocenters. The predicted octanol–water partition coefficient (Wildman–Crippen LogP) is 2.60. The van der Waals surface area contributed by atoms with E-state index in [0.29, 0.717) is 11.5 Å². The second-order valence-electron chi connectivity index (χ2n) is 7.02. The summed E-state index contributed by atoms with van der Waals surface area (Å²) in [5.74, 6) is 0.830. The molecule has 106 valence electrons. The second-order valence-corrected chi connectivity index (χ2v) is 7.02. The standard InChI is InChI=1S/C15H29NO2/c1-14(2,3)12-5-7-15(8-6-12)13(11-17-4)16-9-10-18-15/h12-13,16H,5-11H2,1-4H3. The Hall–Kier alpha value is -0.120. The number of nitrogens with one attached hydrogen (secondary N) is 1. The molecule has 1 unspecified atom stereocenters. The lowest BCUT2D eigenvalue weighted by Crippen LogP contribution is -2.61. The SMILES string of the molecule is COCC1NCCOC12CCC(C(C)(C)C)CC2. The van der Waals surface area contributed by atoms with Gasteiger partial charge in [-0.05, 0) is 37.0 Å². The van der Waals surface area contributed by atoms with Crippen LogP contribution in [0.15, 0.2) is 0 Å². The molecule has 0 amide bonds. The first kappa shape index (κ1) is 14.3. The predicted molar refractivity (Wildman–Crippen MR) is 73.8 cm³/mol. The fourth-order valence-electron chi connectivity index (χ4n) is 3.62. The molecule has 1 aliphatic heterocycles. The molecule has 1 saturated heterocycles. The van der Waals surface area contributed by atoms with Crippen molar-refractivity contribution in [2.24, 2.45) is 11.3 Å². The van der Waals surface area contributed by atoms with Gasteiger partial charge in [-0.2, -0.15) is 0 Å². The highest BCUT2D eigenvalue weighted by Gasteiger charge is 2.46. The van der Waals surface area contributed by atoms with Crippen molar-refractivity contribution in [3.63, 3.8) is 0 Å². The highest BCUT2D eigenvalue weighted by Crippen LogP contribution is 2.44. The molecule has 0 bridgehead atoms. The summed E-state index contributed by atoms with van der Waals surface area (Å²) in [6.45, 7) is 9.66. The zero-order valence-corrected chi connectivity index (χ0v) is 12.4. The largest absolute Gasteiger partial charge is 0.383 e. The van der Waals surface area contributed by atoms with Gasteiger partial charge < -0.3 is 14.8 Å². The van der Waals surface area contributed by atoms with Crippen LogP contribution >= 0.6 is 0 Å². The van der Waals surface area contributed by atoms with Gasteiger partial charge in [0.05, 0.1) is 24.9 Å². The summed E-state index contributed by atoms with van der Waals surface area (Å²) >= 11 is 0. The van der Waals surface area contributed by atoms with Gasteiger partial charge in [-0.15, -0.1) is 0 Å². The number of rotatable bonds is 2. The Bertz CT molecular complexity index is 262. The summed E-state index contributed by atoms with van der Waals surface area (Å²) in [5.41, 5.74) is 0.469. The van der Waals surface area contributed by atoms with Crippen LogP contribution in [0.2, 0.25) is 0 Å². The zero-order chi connectivity index (χ0) is 13.2. The van der Waals surface area contributed by atoms with E-state index in [1.807, 2.05) is 0 Å². The fraction of sp³-hybridized carbons (Fsp3) is 1.00. The van der Waals surface area contributed by atoms with Crippen LogP contribution in [0, 0.1) is 11.3 Å². The van der Waals surface area contributed by atoms with Gasteiger partial charge in [0.2, 0.25) is 0 Å². The minimum absolute atomic E-state index is 0.0377. The monoisotopic (exact) mass is 255 g/mol. The average Bonchev–Trinajstić information content (AvgIpc) is 2.32. The third-order valence-corrected chi connectivity index (χ3v) is 4.91. The van der Waals surface area contributed by atoms with E-state index in [1.54, 1.807) is 7.11 Å². The van der Waals surface area contributed by atoms with Crippen molar-refractivity contribution >= 4 is 0 Å².